The molecule has 0 spiro atoms. The van der Waals surface area contributed by atoms with Crippen LogP contribution in [0.1, 0.15) is 12.8 Å². The van der Waals surface area contributed by atoms with E-state index in [0.717, 1.165) is 19.4 Å². The van der Waals surface area contributed by atoms with Gasteiger partial charge in [0.15, 0.2) is 11.1 Å². The fourth-order valence-corrected chi connectivity index (χ4v) is 1.52. The third kappa shape index (κ3) is 2.43. The summed E-state index contributed by atoms with van der Waals surface area (Å²) < 4.78 is 23.7. The Labute approximate surface area is 56.7 Å². The first-order valence-corrected chi connectivity index (χ1v) is 4.25. The van der Waals surface area contributed by atoms with E-state index in [9.17, 15) is 4.21 Å². The zero-order valence-corrected chi connectivity index (χ0v) is 5.89. The molecule has 1 N–H and O–H groups in total. The summed E-state index contributed by atoms with van der Waals surface area (Å²) in [6.07, 6.45) is 2.00. The van der Waals surface area contributed by atoms with Gasteiger partial charge in [-0.1, -0.05) is 0 Å². The predicted octanol–water partition coefficient (Wildman–Crippen LogP) is 0.387. The van der Waals surface area contributed by atoms with E-state index in [1.807, 2.05) is 0 Å². The van der Waals surface area contributed by atoms with Crippen LogP contribution in [0.2, 0.25) is 0 Å². The van der Waals surface area contributed by atoms with Crippen molar-refractivity contribution in [1.82, 2.24) is 0 Å². The predicted molar refractivity (Wildman–Crippen MR) is 34.6 cm³/mol. The Kier molecular flexibility index (Phi) is 2.63. The SMILES string of the molecule is O=S(O)CC1CCCO1. The molecule has 0 aromatic heterocycles. The summed E-state index contributed by atoms with van der Waals surface area (Å²) in [7, 11) is 0. The molecule has 2 atom stereocenters. The van der Waals surface area contributed by atoms with Crippen LogP contribution in [0.25, 0.3) is 0 Å². The van der Waals surface area contributed by atoms with Crippen LogP contribution < -0.4 is 0 Å². The molecule has 1 aliphatic heterocycles. The number of hydrogen-bond acceptors (Lipinski definition) is 2. The van der Waals surface area contributed by atoms with Crippen molar-refractivity contribution < 1.29 is 13.5 Å². The van der Waals surface area contributed by atoms with E-state index < -0.39 is 11.1 Å². The van der Waals surface area contributed by atoms with Gasteiger partial charge in [0.05, 0.1) is 11.9 Å². The molecular formula is C5H10O3S. The Balaban J connectivity index is 2.19. The molecule has 4 heteroatoms. The van der Waals surface area contributed by atoms with Crippen molar-refractivity contribution in [2.75, 3.05) is 12.4 Å². The quantitative estimate of drug-likeness (QED) is 0.579. The van der Waals surface area contributed by atoms with Crippen LogP contribution >= 0.6 is 0 Å². The van der Waals surface area contributed by atoms with E-state index in [1.54, 1.807) is 0 Å². The van der Waals surface area contributed by atoms with E-state index >= 15 is 0 Å². The van der Waals surface area contributed by atoms with Crippen LogP contribution in [0.15, 0.2) is 0 Å². The third-order valence-corrected chi connectivity index (χ3v) is 2.01. The van der Waals surface area contributed by atoms with Crippen molar-refractivity contribution in [1.29, 1.82) is 0 Å². The molecule has 0 radical (unpaired) electrons. The van der Waals surface area contributed by atoms with Crippen molar-refractivity contribution in [3.8, 4) is 0 Å². The summed E-state index contributed by atoms with van der Waals surface area (Å²) in [5.74, 6) is 0.278. The van der Waals surface area contributed by atoms with Crippen molar-refractivity contribution in [3.63, 3.8) is 0 Å². The van der Waals surface area contributed by atoms with Gasteiger partial charge < -0.3 is 9.29 Å². The first-order valence-electron chi connectivity index (χ1n) is 2.98. The Morgan fingerprint density at radius 2 is 2.56 bits per heavy atom. The van der Waals surface area contributed by atoms with Crippen molar-refractivity contribution in [3.05, 3.63) is 0 Å². The minimum atomic E-state index is -1.68. The lowest BCUT2D eigenvalue weighted by Gasteiger charge is -2.03. The molecule has 0 aromatic rings. The highest BCUT2D eigenvalue weighted by Crippen LogP contribution is 2.11. The lowest BCUT2D eigenvalue weighted by Crippen LogP contribution is -2.14. The zero-order valence-electron chi connectivity index (χ0n) is 5.08. The van der Waals surface area contributed by atoms with Gasteiger partial charge in [0.2, 0.25) is 0 Å². The van der Waals surface area contributed by atoms with E-state index in [-0.39, 0.29) is 11.9 Å². The van der Waals surface area contributed by atoms with Crippen LogP contribution in [0, 0.1) is 0 Å². The summed E-state index contributed by atoms with van der Waals surface area (Å²) in [6.45, 7) is 0.752. The van der Waals surface area contributed by atoms with Crippen molar-refractivity contribution in [2.45, 2.75) is 18.9 Å². The van der Waals surface area contributed by atoms with Gasteiger partial charge in [-0.2, -0.15) is 0 Å². The van der Waals surface area contributed by atoms with E-state index in [4.69, 9.17) is 9.29 Å². The summed E-state index contributed by atoms with van der Waals surface area (Å²) >= 11 is -1.68. The number of hydrogen-bond donors (Lipinski definition) is 1. The van der Waals surface area contributed by atoms with Crippen LogP contribution in [-0.2, 0) is 15.8 Å². The lowest BCUT2D eigenvalue weighted by atomic mass is 10.3. The minimum absolute atomic E-state index is 0.0378. The topological polar surface area (TPSA) is 46.5 Å². The molecular weight excluding hydrogens is 140 g/mol. The second kappa shape index (κ2) is 3.29. The van der Waals surface area contributed by atoms with Crippen LogP contribution in [0.5, 0.6) is 0 Å². The Morgan fingerprint density at radius 1 is 1.78 bits per heavy atom. The number of ether oxygens (including phenoxy) is 1. The summed E-state index contributed by atoms with van der Waals surface area (Å²) in [5.41, 5.74) is 0. The first-order chi connectivity index (χ1) is 4.29. The van der Waals surface area contributed by atoms with Gasteiger partial charge >= 0.3 is 0 Å². The molecule has 0 bridgehead atoms. The molecule has 1 aliphatic rings. The minimum Gasteiger partial charge on any atom is -0.377 e. The van der Waals surface area contributed by atoms with Gasteiger partial charge in [0.25, 0.3) is 0 Å². The second-order valence-electron chi connectivity index (χ2n) is 2.12. The van der Waals surface area contributed by atoms with E-state index in [0.29, 0.717) is 0 Å². The normalized spacial score (nSPS) is 30.6. The molecule has 3 nitrogen and oxygen atoms in total. The van der Waals surface area contributed by atoms with Gasteiger partial charge in [0, 0.05) is 6.61 Å². The highest BCUT2D eigenvalue weighted by Gasteiger charge is 2.16. The Morgan fingerprint density at radius 3 is 3.00 bits per heavy atom. The average molecular weight is 150 g/mol. The highest BCUT2D eigenvalue weighted by atomic mass is 32.2. The molecule has 9 heavy (non-hydrogen) atoms. The van der Waals surface area contributed by atoms with Crippen molar-refractivity contribution in [2.24, 2.45) is 0 Å². The molecule has 2 unspecified atom stereocenters. The standard InChI is InChI=1S/C5H10O3S/c6-9(7)4-5-2-1-3-8-5/h5H,1-4H2,(H,6,7). The largest absolute Gasteiger partial charge is 0.377 e. The first kappa shape index (κ1) is 7.18. The smallest absolute Gasteiger partial charge is 0.155 e. The molecule has 1 rings (SSSR count). The zero-order chi connectivity index (χ0) is 6.69. The maximum atomic E-state index is 10.2. The number of rotatable bonds is 2. The molecule has 54 valence electrons. The van der Waals surface area contributed by atoms with Crippen LogP contribution in [0.3, 0.4) is 0 Å². The summed E-state index contributed by atoms with van der Waals surface area (Å²) in [5, 5.41) is 0. The van der Waals surface area contributed by atoms with Gasteiger partial charge in [0.1, 0.15) is 0 Å². The molecule has 1 heterocycles. The Hall–Kier alpha value is 0.0700. The van der Waals surface area contributed by atoms with Gasteiger partial charge in [-0.05, 0) is 12.8 Å². The fourth-order valence-electron chi connectivity index (χ4n) is 0.935. The lowest BCUT2D eigenvalue weighted by molar-refractivity contribution is 0.127. The molecule has 1 saturated heterocycles. The molecule has 0 saturated carbocycles. The second-order valence-corrected chi connectivity index (χ2v) is 3.10. The molecule has 0 aromatic carbocycles. The maximum Gasteiger partial charge on any atom is 0.155 e. The molecule has 0 aliphatic carbocycles. The van der Waals surface area contributed by atoms with E-state index in [1.165, 1.54) is 0 Å². The van der Waals surface area contributed by atoms with Gasteiger partial charge in [-0.25, -0.2) is 4.21 Å². The summed E-state index contributed by atoms with van der Waals surface area (Å²) in [4.78, 5) is 0. The van der Waals surface area contributed by atoms with E-state index in [2.05, 4.69) is 0 Å². The van der Waals surface area contributed by atoms with Gasteiger partial charge in [-0.3, -0.25) is 0 Å². The van der Waals surface area contributed by atoms with Gasteiger partial charge in [-0.15, -0.1) is 0 Å². The van der Waals surface area contributed by atoms with Crippen molar-refractivity contribution >= 4 is 11.1 Å². The third-order valence-electron chi connectivity index (χ3n) is 1.35. The maximum absolute atomic E-state index is 10.2. The van der Waals surface area contributed by atoms with Crippen LogP contribution in [-0.4, -0.2) is 27.2 Å². The van der Waals surface area contributed by atoms with Crippen LogP contribution in [0.4, 0.5) is 0 Å². The highest BCUT2D eigenvalue weighted by molar-refractivity contribution is 7.79. The fraction of sp³-hybridized carbons (Fsp3) is 1.00. The average Bonchev–Trinajstić information content (AvgIpc) is 2.15. The Bertz CT molecular complexity index is 109. The summed E-state index contributed by atoms with van der Waals surface area (Å²) in [6, 6.07) is 0. The monoisotopic (exact) mass is 150 g/mol. The molecule has 0 amide bonds. The molecule has 1 fully saturated rings.